The van der Waals surface area contributed by atoms with Crippen molar-refractivity contribution < 1.29 is 35.9 Å². The molecule has 2 fully saturated rings. The number of halogens is 7. The van der Waals surface area contributed by atoms with Gasteiger partial charge in [-0.25, -0.2) is 0 Å². The third kappa shape index (κ3) is 4.91. The molecule has 0 saturated carbocycles. The van der Waals surface area contributed by atoms with E-state index in [0.717, 1.165) is 12.1 Å². The molecule has 2 atom stereocenters. The van der Waals surface area contributed by atoms with Gasteiger partial charge in [0, 0.05) is 31.9 Å². The molecule has 1 aromatic rings. The van der Waals surface area contributed by atoms with Gasteiger partial charge in [0.2, 0.25) is 6.23 Å². The van der Waals surface area contributed by atoms with E-state index in [1.807, 2.05) is 0 Å². The molecule has 0 spiro atoms. The van der Waals surface area contributed by atoms with Crippen molar-refractivity contribution >= 4 is 24.0 Å². The first-order valence-electron chi connectivity index (χ1n) is 8.62. The third-order valence-electron chi connectivity index (χ3n) is 4.68. The van der Waals surface area contributed by atoms with Crippen LogP contribution >= 0.6 is 12.4 Å². The molecule has 2 heterocycles. The van der Waals surface area contributed by atoms with Crippen LogP contribution in [-0.2, 0) is 15.7 Å². The van der Waals surface area contributed by atoms with Crippen LogP contribution in [0.15, 0.2) is 18.2 Å². The highest BCUT2D eigenvalue weighted by molar-refractivity contribution is 5.85. The Balaban J connectivity index is 0.00000320. The normalized spacial score (nSPS) is 22.4. The van der Waals surface area contributed by atoms with Gasteiger partial charge in [-0.2, -0.15) is 31.6 Å². The zero-order chi connectivity index (χ0) is 21.4. The van der Waals surface area contributed by atoms with Gasteiger partial charge in [-0.15, -0.1) is 12.4 Å². The van der Waals surface area contributed by atoms with Gasteiger partial charge in [-0.3, -0.25) is 4.79 Å². The topological polar surface area (TPSA) is 68.6 Å². The number of nitrogens with one attached hydrogen (secondary N) is 1. The van der Waals surface area contributed by atoms with Crippen LogP contribution in [0.1, 0.15) is 11.1 Å². The number of anilines is 1. The minimum atomic E-state index is -4.94. The lowest BCUT2D eigenvalue weighted by Gasteiger charge is -2.29. The van der Waals surface area contributed by atoms with E-state index in [9.17, 15) is 31.1 Å². The van der Waals surface area contributed by atoms with Crippen LogP contribution in [0.2, 0.25) is 0 Å². The second kappa shape index (κ2) is 8.87. The molecule has 2 aliphatic heterocycles. The fourth-order valence-corrected chi connectivity index (χ4v) is 3.31. The monoisotopic (exact) mass is 458 g/mol. The summed E-state index contributed by atoms with van der Waals surface area (Å²) in [6, 6.07) is 3.63. The smallest absolute Gasteiger partial charge is 0.338 e. The van der Waals surface area contributed by atoms with Gasteiger partial charge in [-0.1, -0.05) is 0 Å². The maximum Gasteiger partial charge on any atom is 0.433 e. The number of amides is 1. The molecule has 2 aliphatic rings. The maximum atomic E-state index is 13.5. The molecule has 0 unspecified atom stereocenters. The Morgan fingerprint density at radius 3 is 2.33 bits per heavy atom. The van der Waals surface area contributed by atoms with Gasteiger partial charge in [0.1, 0.15) is 0 Å². The van der Waals surface area contributed by atoms with Crippen molar-refractivity contribution in [2.45, 2.75) is 24.7 Å². The first kappa shape index (κ1) is 24.0. The molecule has 0 aliphatic carbocycles. The molecule has 1 amide bonds. The Bertz CT molecular complexity index is 820. The highest BCUT2D eigenvalue weighted by Gasteiger charge is 2.53. The number of hydrogen-bond donors (Lipinski definition) is 1. The lowest BCUT2D eigenvalue weighted by Crippen LogP contribution is -2.50. The molecular weight excluding hydrogens is 442 g/mol. The highest BCUT2D eigenvalue weighted by atomic mass is 35.5. The number of carbonyl (C=O) groups excluding carboxylic acids is 1. The second-order valence-corrected chi connectivity index (χ2v) is 6.59. The Hall–Kier alpha value is -2.23. The van der Waals surface area contributed by atoms with Crippen LogP contribution in [0.3, 0.4) is 0 Å². The summed E-state index contributed by atoms with van der Waals surface area (Å²) in [4.78, 5) is 14.5. The van der Waals surface area contributed by atoms with Crippen LogP contribution in [0.5, 0.6) is 0 Å². The molecule has 1 N–H and O–H groups in total. The lowest BCUT2D eigenvalue weighted by atomic mass is 10.1. The van der Waals surface area contributed by atoms with Gasteiger partial charge < -0.3 is 19.9 Å². The predicted octanol–water partition coefficient (Wildman–Crippen LogP) is 2.52. The number of carbonyl (C=O) groups is 1. The van der Waals surface area contributed by atoms with Crippen LogP contribution in [0.25, 0.3) is 0 Å². The summed E-state index contributed by atoms with van der Waals surface area (Å²) < 4.78 is 84.9. The Morgan fingerprint density at radius 2 is 1.80 bits per heavy atom. The SMILES string of the molecule is Cl.N#Cc1ccc(N2C[C@@H](C(=O)N3CCNCC3)O[C@@H]2C(F)(F)F)cc1C(F)(F)F. The van der Waals surface area contributed by atoms with Crippen molar-refractivity contribution in [1.29, 1.82) is 5.26 Å². The summed E-state index contributed by atoms with van der Waals surface area (Å²) in [5.74, 6) is -0.645. The number of nitrogens with zero attached hydrogens (tertiary/aromatic N) is 3. The Kier molecular flexibility index (Phi) is 7.11. The number of hydrogen-bond acceptors (Lipinski definition) is 5. The molecule has 0 aromatic heterocycles. The van der Waals surface area contributed by atoms with E-state index < -0.39 is 54.0 Å². The number of piperazine rings is 1. The molecule has 6 nitrogen and oxygen atoms in total. The van der Waals surface area contributed by atoms with Crippen molar-refractivity contribution in [2.24, 2.45) is 0 Å². The average molecular weight is 459 g/mol. The van der Waals surface area contributed by atoms with Crippen molar-refractivity contribution in [3.63, 3.8) is 0 Å². The summed E-state index contributed by atoms with van der Waals surface area (Å²) in [5.41, 5.74) is -2.50. The van der Waals surface area contributed by atoms with Gasteiger partial charge in [0.15, 0.2) is 6.10 Å². The largest absolute Gasteiger partial charge is 0.433 e. The summed E-state index contributed by atoms with van der Waals surface area (Å²) in [7, 11) is 0. The van der Waals surface area contributed by atoms with Crippen LogP contribution in [0.4, 0.5) is 32.0 Å². The first-order valence-corrected chi connectivity index (χ1v) is 8.62. The summed E-state index contributed by atoms with van der Waals surface area (Å²) >= 11 is 0. The van der Waals surface area contributed by atoms with Gasteiger partial charge in [-0.05, 0) is 18.2 Å². The van der Waals surface area contributed by atoms with Gasteiger partial charge in [0.25, 0.3) is 5.91 Å². The zero-order valence-corrected chi connectivity index (χ0v) is 16.1. The van der Waals surface area contributed by atoms with Crippen LogP contribution < -0.4 is 10.2 Å². The highest BCUT2D eigenvalue weighted by Crippen LogP contribution is 2.39. The molecule has 13 heteroatoms. The Morgan fingerprint density at radius 1 is 1.17 bits per heavy atom. The zero-order valence-electron chi connectivity index (χ0n) is 15.3. The minimum Gasteiger partial charge on any atom is -0.338 e. The fraction of sp³-hybridized carbons (Fsp3) is 0.529. The van der Waals surface area contributed by atoms with E-state index >= 15 is 0 Å². The van der Waals surface area contributed by atoms with E-state index in [1.54, 1.807) is 0 Å². The fourth-order valence-electron chi connectivity index (χ4n) is 3.31. The first-order chi connectivity index (χ1) is 13.5. The number of ether oxygens (including phenoxy) is 1. The lowest BCUT2D eigenvalue weighted by molar-refractivity contribution is -0.214. The van der Waals surface area contributed by atoms with Crippen LogP contribution in [-0.4, -0.2) is 62.0 Å². The standard InChI is InChI=1S/C17H16F6N4O2.ClH/c18-16(19,20)12-7-11(2-1-10(12)8-24)27-9-13(29-15(27)17(21,22)23)14(28)26-5-3-25-4-6-26;/h1-2,7,13,15,25H,3-6,9H2;1H/t13-,15+;/m0./s1. The summed E-state index contributed by atoms with van der Waals surface area (Å²) in [6.07, 6.45) is -13.9. The van der Waals surface area contributed by atoms with Crippen LogP contribution in [0, 0.1) is 11.3 Å². The molecule has 1 aromatic carbocycles. The Labute approximate surface area is 173 Å². The van der Waals surface area contributed by atoms with Crippen molar-refractivity contribution in [3.05, 3.63) is 29.3 Å². The molecular formula is C17H17ClF6N4O2. The molecule has 0 radical (unpaired) electrons. The summed E-state index contributed by atoms with van der Waals surface area (Å²) in [6.45, 7) is 0.996. The van der Waals surface area contributed by atoms with Gasteiger partial charge in [0.05, 0.1) is 23.7 Å². The minimum absolute atomic E-state index is 0. The van der Waals surface area contributed by atoms with E-state index in [-0.39, 0.29) is 12.4 Å². The number of benzene rings is 1. The number of alkyl halides is 6. The van der Waals surface area contributed by atoms with E-state index in [1.165, 1.54) is 11.0 Å². The molecule has 2 saturated heterocycles. The molecule has 166 valence electrons. The number of rotatable bonds is 2. The van der Waals surface area contributed by atoms with E-state index in [2.05, 4.69) is 5.32 Å². The van der Waals surface area contributed by atoms with E-state index in [4.69, 9.17) is 10.00 Å². The molecule has 30 heavy (non-hydrogen) atoms. The van der Waals surface area contributed by atoms with Crippen molar-refractivity contribution in [2.75, 3.05) is 37.6 Å². The van der Waals surface area contributed by atoms with Crippen molar-refractivity contribution in [1.82, 2.24) is 10.2 Å². The molecule has 3 rings (SSSR count). The predicted molar refractivity (Wildman–Crippen MR) is 94.9 cm³/mol. The second-order valence-electron chi connectivity index (χ2n) is 6.59. The average Bonchev–Trinajstić information content (AvgIpc) is 3.13. The van der Waals surface area contributed by atoms with Crippen molar-refractivity contribution in [3.8, 4) is 6.07 Å². The summed E-state index contributed by atoms with van der Waals surface area (Å²) in [5, 5.41) is 11.9. The molecule has 0 bridgehead atoms. The number of nitriles is 1. The quantitative estimate of drug-likeness (QED) is 0.690. The third-order valence-corrected chi connectivity index (χ3v) is 4.68. The van der Waals surface area contributed by atoms with Gasteiger partial charge >= 0.3 is 12.4 Å². The maximum absolute atomic E-state index is 13.5. The van der Waals surface area contributed by atoms with E-state index in [0.29, 0.717) is 37.1 Å².